The van der Waals surface area contributed by atoms with E-state index in [1.807, 2.05) is 12.1 Å². The first-order valence-electron chi connectivity index (χ1n) is 7.33. The maximum absolute atomic E-state index is 5.68. The monoisotopic (exact) mass is 292 g/mol. The summed E-state index contributed by atoms with van der Waals surface area (Å²) in [5.74, 6) is 2.19. The van der Waals surface area contributed by atoms with Gasteiger partial charge in [0.1, 0.15) is 0 Å². The van der Waals surface area contributed by atoms with Crippen LogP contribution in [0.3, 0.4) is 0 Å². The summed E-state index contributed by atoms with van der Waals surface area (Å²) >= 11 is 0. The lowest BCUT2D eigenvalue weighted by molar-refractivity contribution is 0.203. The number of hydrogen-bond acceptors (Lipinski definition) is 4. The van der Waals surface area contributed by atoms with Crippen molar-refractivity contribution in [1.82, 2.24) is 15.6 Å². The van der Waals surface area contributed by atoms with E-state index < -0.39 is 0 Å². The number of hydrogen-bond donors (Lipinski definition) is 2. The highest BCUT2D eigenvalue weighted by Gasteiger charge is 2.22. The molecule has 0 unspecified atom stereocenters. The number of rotatable bonds is 8. The third-order valence-electron chi connectivity index (χ3n) is 3.25. The molecule has 116 valence electrons. The van der Waals surface area contributed by atoms with E-state index in [2.05, 4.69) is 20.6 Å². The Labute approximate surface area is 126 Å². The highest BCUT2D eigenvalue weighted by Crippen LogP contribution is 2.29. The fourth-order valence-corrected chi connectivity index (χ4v) is 1.80. The van der Waals surface area contributed by atoms with Gasteiger partial charge in [-0.3, -0.25) is 4.99 Å². The highest BCUT2D eigenvalue weighted by molar-refractivity contribution is 5.79. The van der Waals surface area contributed by atoms with Crippen LogP contribution in [0.1, 0.15) is 18.4 Å². The van der Waals surface area contributed by atoms with Crippen LogP contribution in [-0.4, -0.2) is 44.9 Å². The van der Waals surface area contributed by atoms with Gasteiger partial charge in [-0.2, -0.15) is 0 Å². The van der Waals surface area contributed by atoms with Crippen molar-refractivity contribution in [3.05, 3.63) is 23.9 Å². The summed E-state index contributed by atoms with van der Waals surface area (Å²) in [6, 6.07) is 3.94. The van der Waals surface area contributed by atoms with Crippen LogP contribution in [0.15, 0.2) is 23.3 Å². The topological polar surface area (TPSA) is 67.8 Å². The predicted octanol–water partition coefficient (Wildman–Crippen LogP) is 1.18. The minimum Gasteiger partial charge on any atom is -0.477 e. The van der Waals surface area contributed by atoms with Crippen molar-refractivity contribution in [2.45, 2.75) is 19.4 Å². The molecule has 0 saturated heterocycles. The zero-order chi connectivity index (χ0) is 14.9. The number of aliphatic imine (C=N–C) groups is 1. The van der Waals surface area contributed by atoms with Crippen LogP contribution in [0.25, 0.3) is 0 Å². The molecular formula is C15H24N4O2. The number of ether oxygens (including phenoxy) is 2. The van der Waals surface area contributed by atoms with E-state index in [1.165, 1.54) is 12.8 Å². The van der Waals surface area contributed by atoms with E-state index in [9.17, 15) is 0 Å². The van der Waals surface area contributed by atoms with Gasteiger partial charge in [-0.25, -0.2) is 4.98 Å². The lowest BCUT2D eigenvalue weighted by Gasteiger charge is -2.12. The maximum Gasteiger partial charge on any atom is 0.213 e. The van der Waals surface area contributed by atoms with E-state index in [1.54, 1.807) is 20.4 Å². The zero-order valence-electron chi connectivity index (χ0n) is 12.8. The SMILES string of the molecule is CN=C(NCCOC)NCc1ccnc(OCC2CC2)c1. The first-order valence-corrected chi connectivity index (χ1v) is 7.33. The molecule has 0 atom stereocenters. The summed E-state index contributed by atoms with van der Waals surface area (Å²) in [4.78, 5) is 8.39. The minimum atomic E-state index is 0.648. The summed E-state index contributed by atoms with van der Waals surface area (Å²) in [6.45, 7) is 2.83. The second-order valence-corrected chi connectivity index (χ2v) is 5.10. The average Bonchev–Trinajstić information content (AvgIpc) is 3.33. The summed E-state index contributed by atoms with van der Waals surface area (Å²) in [6.07, 6.45) is 4.34. The number of aromatic nitrogens is 1. The van der Waals surface area contributed by atoms with Gasteiger partial charge >= 0.3 is 0 Å². The molecule has 1 fully saturated rings. The smallest absolute Gasteiger partial charge is 0.213 e. The summed E-state index contributed by atoms with van der Waals surface area (Å²) in [7, 11) is 3.43. The Balaban J connectivity index is 1.76. The van der Waals surface area contributed by atoms with Gasteiger partial charge in [-0.15, -0.1) is 0 Å². The molecule has 0 spiro atoms. The molecule has 0 amide bonds. The van der Waals surface area contributed by atoms with Crippen molar-refractivity contribution in [3.8, 4) is 5.88 Å². The molecule has 1 aromatic rings. The van der Waals surface area contributed by atoms with Gasteiger partial charge in [0.15, 0.2) is 5.96 Å². The molecule has 6 nitrogen and oxygen atoms in total. The number of nitrogens with one attached hydrogen (secondary N) is 2. The van der Waals surface area contributed by atoms with Crippen molar-refractivity contribution in [3.63, 3.8) is 0 Å². The number of guanidine groups is 1. The van der Waals surface area contributed by atoms with Crippen LogP contribution in [0, 0.1) is 5.92 Å². The molecule has 0 bridgehead atoms. The quantitative estimate of drug-likeness (QED) is 0.428. The molecule has 2 rings (SSSR count). The molecule has 6 heteroatoms. The molecule has 1 aliphatic rings. The largest absolute Gasteiger partial charge is 0.477 e. The lowest BCUT2D eigenvalue weighted by atomic mass is 10.2. The summed E-state index contributed by atoms with van der Waals surface area (Å²) < 4.78 is 10.7. The Morgan fingerprint density at radius 3 is 3.00 bits per heavy atom. The van der Waals surface area contributed by atoms with Crippen molar-refractivity contribution < 1.29 is 9.47 Å². The standard InChI is InChI=1S/C15H24N4O2/c1-16-15(18-7-8-20-2)19-10-13-5-6-17-14(9-13)21-11-12-3-4-12/h5-6,9,12H,3-4,7-8,10-11H2,1-2H3,(H2,16,18,19). The van der Waals surface area contributed by atoms with Gasteiger partial charge in [0.25, 0.3) is 0 Å². The molecule has 1 aliphatic carbocycles. The molecule has 21 heavy (non-hydrogen) atoms. The Hall–Kier alpha value is -1.82. The third kappa shape index (κ3) is 5.99. The van der Waals surface area contributed by atoms with E-state index in [4.69, 9.17) is 9.47 Å². The number of methoxy groups -OCH3 is 1. The van der Waals surface area contributed by atoms with Crippen LogP contribution < -0.4 is 15.4 Å². The number of pyridine rings is 1. The van der Waals surface area contributed by atoms with Crippen molar-refractivity contribution in [1.29, 1.82) is 0 Å². The van der Waals surface area contributed by atoms with Crippen LogP contribution in [0.2, 0.25) is 0 Å². The number of nitrogens with zero attached hydrogens (tertiary/aromatic N) is 2. The molecule has 0 radical (unpaired) electrons. The Morgan fingerprint density at radius 1 is 1.43 bits per heavy atom. The summed E-state index contributed by atoms with van der Waals surface area (Å²) in [5, 5.41) is 6.42. The van der Waals surface area contributed by atoms with Gasteiger partial charge in [-0.05, 0) is 30.4 Å². The Bertz CT molecular complexity index is 461. The predicted molar refractivity (Wildman–Crippen MR) is 82.5 cm³/mol. The normalized spacial score (nSPS) is 14.9. The molecule has 0 aliphatic heterocycles. The molecule has 1 aromatic heterocycles. The van der Waals surface area contributed by atoms with Crippen LogP contribution in [-0.2, 0) is 11.3 Å². The van der Waals surface area contributed by atoms with E-state index >= 15 is 0 Å². The van der Waals surface area contributed by atoms with Crippen molar-refractivity contribution >= 4 is 5.96 Å². The second kappa shape index (κ2) is 8.46. The minimum absolute atomic E-state index is 0.648. The average molecular weight is 292 g/mol. The van der Waals surface area contributed by atoms with Gasteiger partial charge in [0.05, 0.1) is 13.2 Å². The van der Waals surface area contributed by atoms with Gasteiger partial charge in [-0.1, -0.05) is 0 Å². The van der Waals surface area contributed by atoms with Gasteiger partial charge < -0.3 is 20.1 Å². The maximum atomic E-state index is 5.68. The first kappa shape index (κ1) is 15.6. The van der Waals surface area contributed by atoms with Crippen LogP contribution in [0.4, 0.5) is 0 Å². The summed E-state index contributed by atoms with van der Waals surface area (Å²) in [5.41, 5.74) is 1.12. The van der Waals surface area contributed by atoms with E-state index in [0.29, 0.717) is 19.0 Å². The van der Waals surface area contributed by atoms with E-state index in [-0.39, 0.29) is 0 Å². The van der Waals surface area contributed by atoms with Gasteiger partial charge in [0.2, 0.25) is 5.88 Å². The zero-order valence-corrected chi connectivity index (χ0v) is 12.8. The first-order chi connectivity index (χ1) is 10.3. The molecule has 0 aromatic carbocycles. The van der Waals surface area contributed by atoms with Crippen LogP contribution in [0.5, 0.6) is 5.88 Å². The van der Waals surface area contributed by atoms with Gasteiger partial charge in [0, 0.05) is 39.5 Å². The second-order valence-electron chi connectivity index (χ2n) is 5.10. The molecule has 1 saturated carbocycles. The van der Waals surface area contributed by atoms with E-state index in [0.717, 1.165) is 30.6 Å². The molecular weight excluding hydrogens is 268 g/mol. The Morgan fingerprint density at radius 2 is 2.29 bits per heavy atom. The highest BCUT2D eigenvalue weighted by atomic mass is 16.5. The molecule has 1 heterocycles. The van der Waals surface area contributed by atoms with Crippen LogP contribution >= 0.6 is 0 Å². The molecule has 2 N–H and O–H groups in total. The third-order valence-corrected chi connectivity index (χ3v) is 3.25. The van der Waals surface area contributed by atoms with Crippen molar-refractivity contribution in [2.24, 2.45) is 10.9 Å². The Kier molecular flexibility index (Phi) is 6.27. The fourth-order valence-electron chi connectivity index (χ4n) is 1.80. The van der Waals surface area contributed by atoms with Crippen molar-refractivity contribution in [2.75, 3.05) is 33.9 Å². The lowest BCUT2D eigenvalue weighted by Crippen LogP contribution is -2.38. The fraction of sp³-hybridized carbons (Fsp3) is 0.600.